The zero-order valence-electron chi connectivity index (χ0n) is 12.6. The molecule has 0 spiro atoms. The van der Waals surface area contributed by atoms with Crippen LogP contribution in [0.5, 0.6) is 0 Å². The molecular formula is C16H28N2S. The number of hydrogen-bond acceptors (Lipinski definition) is 3. The molecule has 0 radical (unpaired) electrons. The van der Waals surface area contributed by atoms with E-state index >= 15 is 0 Å². The standard InChI is InChI=1S/C16H28N2S/c1-4-13-6-7-15(19-13)14(12-17)18-10-5-8-16(2,3)9-11-18/h6-7,14H,4-5,8-12,17H2,1-3H3. The fraction of sp³-hybridized carbons (Fsp3) is 0.750. The van der Waals surface area contributed by atoms with Crippen molar-refractivity contribution in [2.75, 3.05) is 19.6 Å². The second-order valence-electron chi connectivity index (χ2n) is 6.46. The van der Waals surface area contributed by atoms with Crippen molar-refractivity contribution < 1.29 is 0 Å². The van der Waals surface area contributed by atoms with Crippen LogP contribution < -0.4 is 5.73 Å². The summed E-state index contributed by atoms with van der Waals surface area (Å²) in [6, 6.07) is 4.99. The number of nitrogens with two attached hydrogens (primary N) is 1. The van der Waals surface area contributed by atoms with Gasteiger partial charge in [-0.15, -0.1) is 11.3 Å². The van der Waals surface area contributed by atoms with E-state index in [4.69, 9.17) is 5.73 Å². The van der Waals surface area contributed by atoms with Gasteiger partial charge in [-0.25, -0.2) is 0 Å². The molecule has 2 nitrogen and oxygen atoms in total. The fourth-order valence-corrected chi connectivity index (χ4v) is 4.06. The third-order valence-corrected chi connectivity index (χ3v) is 5.73. The lowest BCUT2D eigenvalue weighted by molar-refractivity contribution is 0.202. The average molecular weight is 280 g/mol. The van der Waals surface area contributed by atoms with Crippen LogP contribution in [-0.4, -0.2) is 24.5 Å². The van der Waals surface area contributed by atoms with Gasteiger partial charge in [-0.05, 0) is 56.3 Å². The predicted octanol–water partition coefficient (Wildman–Crippen LogP) is 3.82. The molecule has 2 N–H and O–H groups in total. The normalized spacial score (nSPS) is 22.1. The SMILES string of the molecule is CCc1ccc(C(CN)N2CCCC(C)(C)CC2)s1. The maximum Gasteiger partial charge on any atom is 0.0564 e. The van der Waals surface area contributed by atoms with E-state index in [0.717, 1.165) is 13.0 Å². The molecule has 0 aliphatic carbocycles. The Labute approximate surface area is 122 Å². The van der Waals surface area contributed by atoms with E-state index in [2.05, 4.69) is 37.8 Å². The fourth-order valence-electron chi connectivity index (χ4n) is 2.96. The molecule has 2 heterocycles. The van der Waals surface area contributed by atoms with Gasteiger partial charge < -0.3 is 5.73 Å². The second-order valence-corrected chi connectivity index (χ2v) is 7.66. The van der Waals surface area contributed by atoms with Crippen molar-refractivity contribution in [2.45, 2.75) is 52.5 Å². The lowest BCUT2D eigenvalue weighted by atomic mass is 9.85. The molecule has 0 bridgehead atoms. The summed E-state index contributed by atoms with van der Waals surface area (Å²) in [4.78, 5) is 5.54. The summed E-state index contributed by atoms with van der Waals surface area (Å²) in [6.07, 6.45) is 5.06. The molecule has 0 amide bonds. The molecule has 0 aromatic carbocycles. The lowest BCUT2D eigenvalue weighted by Gasteiger charge is -2.29. The van der Waals surface area contributed by atoms with E-state index in [9.17, 15) is 0 Å². The lowest BCUT2D eigenvalue weighted by Crippen LogP contribution is -2.34. The van der Waals surface area contributed by atoms with Crippen molar-refractivity contribution in [3.63, 3.8) is 0 Å². The quantitative estimate of drug-likeness (QED) is 0.908. The predicted molar refractivity (Wildman–Crippen MR) is 84.7 cm³/mol. The number of rotatable bonds is 4. The Balaban J connectivity index is 2.08. The van der Waals surface area contributed by atoms with Gasteiger partial charge in [-0.3, -0.25) is 4.90 Å². The van der Waals surface area contributed by atoms with Crippen LogP contribution in [0.4, 0.5) is 0 Å². The van der Waals surface area contributed by atoms with Crippen molar-refractivity contribution in [2.24, 2.45) is 11.1 Å². The van der Waals surface area contributed by atoms with Crippen LogP contribution in [0.3, 0.4) is 0 Å². The summed E-state index contributed by atoms with van der Waals surface area (Å²) in [5.74, 6) is 0. The first-order valence-corrected chi connectivity index (χ1v) is 8.40. The van der Waals surface area contributed by atoms with Gasteiger partial charge >= 0.3 is 0 Å². The van der Waals surface area contributed by atoms with E-state index in [1.807, 2.05) is 11.3 Å². The van der Waals surface area contributed by atoms with E-state index in [1.54, 1.807) is 0 Å². The van der Waals surface area contributed by atoms with Gasteiger partial charge in [-0.1, -0.05) is 20.8 Å². The molecular weight excluding hydrogens is 252 g/mol. The van der Waals surface area contributed by atoms with Gasteiger partial charge in [0.1, 0.15) is 0 Å². The van der Waals surface area contributed by atoms with Gasteiger partial charge in [-0.2, -0.15) is 0 Å². The molecule has 19 heavy (non-hydrogen) atoms. The number of nitrogens with zero attached hydrogens (tertiary/aromatic N) is 1. The molecule has 1 aliphatic heterocycles. The minimum absolute atomic E-state index is 0.430. The van der Waals surface area contributed by atoms with Gasteiger partial charge in [0.2, 0.25) is 0 Å². The Morgan fingerprint density at radius 2 is 2.11 bits per heavy atom. The molecule has 1 unspecified atom stereocenters. The molecule has 1 atom stereocenters. The Hall–Kier alpha value is -0.380. The third-order valence-electron chi connectivity index (χ3n) is 4.40. The van der Waals surface area contributed by atoms with Crippen LogP contribution in [-0.2, 0) is 6.42 Å². The topological polar surface area (TPSA) is 29.3 Å². The number of likely N-dealkylation sites (tertiary alicyclic amines) is 1. The summed E-state index contributed by atoms with van der Waals surface area (Å²) in [5, 5.41) is 0. The first kappa shape index (κ1) is 15.0. The molecule has 1 aliphatic rings. The smallest absolute Gasteiger partial charge is 0.0564 e. The summed E-state index contributed by atoms with van der Waals surface area (Å²) in [7, 11) is 0. The minimum Gasteiger partial charge on any atom is -0.329 e. The van der Waals surface area contributed by atoms with E-state index < -0.39 is 0 Å². The van der Waals surface area contributed by atoms with E-state index in [1.165, 1.54) is 42.1 Å². The molecule has 2 rings (SSSR count). The Bertz CT molecular complexity index is 397. The average Bonchev–Trinajstić information content (AvgIpc) is 2.77. The van der Waals surface area contributed by atoms with Crippen LogP contribution in [0.2, 0.25) is 0 Å². The van der Waals surface area contributed by atoms with E-state index in [0.29, 0.717) is 11.5 Å². The first-order chi connectivity index (χ1) is 9.05. The summed E-state index contributed by atoms with van der Waals surface area (Å²) in [6.45, 7) is 10.1. The largest absolute Gasteiger partial charge is 0.329 e. The summed E-state index contributed by atoms with van der Waals surface area (Å²) < 4.78 is 0. The molecule has 1 saturated heterocycles. The highest BCUT2D eigenvalue weighted by Gasteiger charge is 2.27. The van der Waals surface area contributed by atoms with Crippen molar-refractivity contribution in [3.05, 3.63) is 21.9 Å². The maximum atomic E-state index is 6.07. The molecule has 1 aromatic heterocycles. The Morgan fingerprint density at radius 3 is 2.74 bits per heavy atom. The van der Waals surface area contributed by atoms with Crippen molar-refractivity contribution in [1.29, 1.82) is 0 Å². The van der Waals surface area contributed by atoms with Gasteiger partial charge in [0.05, 0.1) is 6.04 Å². The molecule has 0 saturated carbocycles. The number of aryl methyl sites for hydroxylation is 1. The highest BCUT2D eigenvalue weighted by atomic mass is 32.1. The zero-order valence-corrected chi connectivity index (χ0v) is 13.4. The van der Waals surface area contributed by atoms with Gasteiger partial charge in [0, 0.05) is 16.3 Å². The van der Waals surface area contributed by atoms with Crippen LogP contribution in [0.1, 0.15) is 55.8 Å². The van der Waals surface area contributed by atoms with E-state index in [-0.39, 0.29) is 0 Å². The van der Waals surface area contributed by atoms with Crippen molar-refractivity contribution in [1.82, 2.24) is 4.90 Å². The van der Waals surface area contributed by atoms with Crippen LogP contribution in [0.25, 0.3) is 0 Å². The minimum atomic E-state index is 0.430. The van der Waals surface area contributed by atoms with Gasteiger partial charge in [0.25, 0.3) is 0 Å². The molecule has 108 valence electrons. The van der Waals surface area contributed by atoms with Crippen molar-refractivity contribution in [3.8, 4) is 0 Å². The number of hydrogen-bond donors (Lipinski definition) is 1. The van der Waals surface area contributed by atoms with Gasteiger partial charge in [0.15, 0.2) is 0 Å². The summed E-state index contributed by atoms with van der Waals surface area (Å²) >= 11 is 1.94. The summed E-state index contributed by atoms with van der Waals surface area (Å²) in [5.41, 5.74) is 6.57. The Morgan fingerprint density at radius 1 is 1.32 bits per heavy atom. The van der Waals surface area contributed by atoms with Crippen molar-refractivity contribution >= 4 is 11.3 Å². The highest BCUT2D eigenvalue weighted by Crippen LogP contribution is 2.34. The molecule has 1 fully saturated rings. The molecule has 1 aromatic rings. The Kier molecular flexibility index (Phi) is 5.04. The maximum absolute atomic E-state index is 6.07. The monoisotopic (exact) mass is 280 g/mol. The third kappa shape index (κ3) is 3.80. The van der Waals surface area contributed by atoms with Crippen LogP contribution in [0, 0.1) is 5.41 Å². The molecule has 3 heteroatoms. The highest BCUT2D eigenvalue weighted by molar-refractivity contribution is 7.12. The second kappa shape index (κ2) is 6.38. The number of thiophene rings is 1. The van der Waals surface area contributed by atoms with Crippen LogP contribution in [0.15, 0.2) is 12.1 Å². The zero-order chi connectivity index (χ0) is 13.9. The first-order valence-electron chi connectivity index (χ1n) is 7.58. The van der Waals surface area contributed by atoms with Crippen LogP contribution >= 0.6 is 11.3 Å².